The van der Waals surface area contributed by atoms with Gasteiger partial charge in [0.25, 0.3) is 0 Å². The summed E-state index contributed by atoms with van der Waals surface area (Å²) in [6.07, 6.45) is 69.5. The van der Waals surface area contributed by atoms with Crippen molar-refractivity contribution in [2.75, 3.05) is 13.2 Å². The molecule has 79 heavy (non-hydrogen) atoms. The minimum Gasteiger partial charge on any atom is -0.462 e. The van der Waals surface area contributed by atoms with E-state index in [9.17, 15) is 19.2 Å². The van der Waals surface area contributed by atoms with E-state index in [0.29, 0.717) is 25.7 Å². The molecular formula is C71H134O8. The van der Waals surface area contributed by atoms with Crippen LogP contribution in [-0.4, -0.2) is 49.3 Å². The van der Waals surface area contributed by atoms with Gasteiger partial charge in [0.15, 0.2) is 6.10 Å². The van der Waals surface area contributed by atoms with Gasteiger partial charge in [-0.1, -0.05) is 303 Å². The lowest BCUT2D eigenvalue weighted by Crippen LogP contribution is -2.30. The van der Waals surface area contributed by atoms with Crippen molar-refractivity contribution < 1.29 is 38.1 Å². The number of unbranched alkanes of at least 4 members (excludes halogenated alkanes) is 45. The quantitative estimate of drug-likeness (QED) is 0.0257. The SMILES string of the molecule is CCCCCCCC/C=C/CCCCCCCC(=O)OC[C@@H](COC(=O)CCCCCCCCCCCCCCC)OC(=O)CCCCCCCCCCC(CCCCCC)OC(=O)CCCCCCCCCCCCCCC. The highest BCUT2D eigenvalue weighted by atomic mass is 16.6. The Hall–Kier alpha value is -2.38. The number of hydrogen-bond donors (Lipinski definition) is 0. The molecule has 0 aromatic heterocycles. The van der Waals surface area contributed by atoms with Crippen LogP contribution < -0.4 is 0 Å². The molecule has 1 unspecified atom stereocenters. The lowest BCUT2D eigenvalue weighted by atomic mass is 10.0. The molecule has 0 fully saturated rings. The van der Waals surface area contributed by atoms with Crippen LogP contribution in [0.2, 0.25) is 0 Å². The van der Waals surface area contributed by atoms with Gasteiger partial charge in [-0.2, -0.15) is 0 Å². The van der Waals surface area contributed by atoms with Crippen LogP contribution in [0.4, 0.5) is 0 Å². The Kier molecular flexibility index (Phi) is 62.8. The Balaban J connectivity index is 4.56. The molecule has 8 heteroatoms. The standard InChI is InChI=1S/C71H134O8/c1-5-9-13-17-20-23-26-29-30-33-35-38-44-49-55-61-69(73)77-65-67(64-76-68(72)60-54-48-43-37-34-31-27-24-21-18-14-10-6-2)79-71(75)63-57-51-46-41-40-42-47-53-59-66(58-52-16-12-8-4)78-70(74)62-56-50-45-39-36-32-28-25-22-19-15-11-7-3/h29-30,66-67H,5-28,31-65H2,1-4H3/b30-29+/t66?,67-/m1/s1. The van der Waals surface area contributed by atoms with Crippen molar-refractivity contribution in [2.24, 2.45) is 0 Å². The zero-order valence-electron chi connectivity index (χ0n) is 53.3. The molecule has 0 spiro atoms. The molecular weight excluding hydrogens is 981 g/mol. The maximum atomic E-state index is 13.0. The van der Waals surface area contributed by atoms with Gasteiger partial charge in [0.05, 0.1) is 0 Å². The molecule has 0 amide bonds. The third kappa shape index (κ3) is 61.5. The molecule has 0 aliphatic carbocycles. The fourth-order valence-electron chi connectivity index (χ4n) is 10.8. The first-order valence-corrected chi connectivity index (χ1v) is 35.2. The number of carbonyl (C=O) groups is 4. The first-order valence-electron chi connectivity index (χ1n) is 35.2. The van der Waals surface area contributed by atoms with E-state index in [-0.39, 0.29) is 43.2 Å². The Bertz CT molecular complexity index is 1310. The van der Waals surface area contributed by atoms with Gasteiger partial charge in [-0.15, -0.1) is 0 Å². The molecule has 0 N–H and O–H groups in total. The van der Waals surface area contributed by atoms with Gasteiger partial charge in [-0.3, -0.25) is 19.2 Å². The van der Waals surface area contributed by atoms with Gasteiger partial charge >= 0.3 is 23.9 Å². The highest BCUT2D eigenvalue weighted by Gasteiger charge is 2.20. The molecule has 0 aliphatic rings. The molecule has 2 atom stereocenters. The number of ether oxygens (including phenoxy) is 4. The summed E-state index contributed by atoms with van der Waals surface area (Å²) in [7, 11) is 0. The van der Waals surface area contributed by atoms with Crippen LogP contribution in [0.1, 0.15) is 394 Å². The molecule has 0 aliphatic heterocycles. The Morgan fingerprint density at radius 1 is 0.253 bits per heavy atom. The Morgan fingerprint density at radius 3 is 0.759 bits per heavy atom. The minimum absolute atomic E-state index is 0.00421. The highest BCUT2D eigenvalue weighted by Crippen LogP contribution is 2.20. The van der Waals surface area contributed by atoms with E-state index in [1.165, 1.54) is 225 Å². The zero-order valence-corrected chi connectivity index (χ0v) is 53.3. The molecule has 0 aromatic carbocycles. The smallest absolute Gasteiger partial charge is 0.306 e. The summed E-state index contributed by atoms with van der Waals surface area (Å²) in [5.41, 5.74) is 0. The second-order valence-corrected chi connectivity index (χ2v) is 24.1. The monoisotopic (exact) mass is 1120 g/mol. The summed E-state index contributed by atoms with van der Waals surface area (Å²) in [6.45, 7) is 8.86. The number of esters is 4. The minimum atomic E-state index is -0.801. The molecule has 0 rings (SSSR count). The summed E-state index contributed by atoms with van der Waals surface area (Å²) in [6, 6.07) is 0. The van der Waals surface area contributed by atoms with Crippen LogP contribution in [0.5, 0.6) is 0 Å². The molecule has 8 nitrogen and oxygen atoms in total. The van der Waals surface area contributed by atoms with Gasteiger partial charge in [0.1, 0.15) is 19.3 Å². The lowest BCUT2D eigenvalue weighted by molar-refractivity contribution is -0.167. The predicted octanol–water partition coefficient (Wildman–Crippen LogP) is 22.8. The topological polar surface area (TPSA) is 105 Å². The lowest BCUT2D eigenvalue weighted by Gasteiger charge is -2.18. The van der Waals surface area contributed by atoms with Crippen LogP contribution in [-0.2, 0) is 38.1 Å². The van der Waals surface area contributed by atoms with Gasteiger partial charge in [0, 0.05) is 25.7 Å². The van der Waals surface area contributed by atoms with E-state index in [4.69, 9.17) is 18.9 Å². The number of rotatable bonds is 65. The highest BCUT2D eigenvalue weighted by molar-refractivity contribution is 5.71. The second-order valence-electron chi connectivity index (χ2n) is 24.1. The average Bonchev–Trinajstić information content (AvgIpc) is 3.44. The summed E-state index contributed by atoms with van der Waals surface area (Å²) >= 11 is 0. The van der Waals surface area contributed by atoms with Crippen LogP contribution in [0.3, 0.4) is 0 Å². The van der Waals surface area contributed by atoms with Crippen LogP contribution >= 0.6 is 0 Å². The van der Waals surface area contributed by atoms with E-state index >= 15 is 0 Å². The fourth-order valence-corrected chi connectivity index (χ4v) is 10.8. The fraction of sp³-hybridized carbons (Fsp3) is 0.915. The van der Waals surface area contributed by atoms with E-state index < -0.39 is 6.10 Å². The van der Waals surface area contributed by atoms with Crippen molar-refractivity contribution >= 4 is 23.9 Å². The average molecular weight is 1120 g/mol. The number of allylic oxidation sites excluding steroid dienone is 2. The summed E-state index contributed by atoms with van der Waals surface area (Å²) in [5.74, 6) is -0.910. The van der Waals surface area contributed by atoms with E-state index in [1.807, 2.05) is 0 Å². The van der Waals surface area contributed by atoms with Crippen LogP contribution in [0.15, 0.2) is 12.2 Å². The predicted molar refractivity (Wildman–Crippen MR) is 337 cm³/mol. The maximum Gasteiger partial charge on any atom is 0.306 e. The van der Waals surface area contributed by atoms with Crippen molar-refractivity contribution in [3.63, 3.8) is 0 Å². The van der Waals surface area contributed by atoms with Crippen LogP contribution in [0, 0.1) is 0 Å². The summed E-state index contributed by atoms with van der Waals surface area (Å²) in [5, 5.41) is 0. The van der Waals surface area contributed by atoms with Crippen molar-refractivity contribution in [2.45, 2.75) is 406 Å². The van der Waals surface area contributed by atoms with Gasteiger partial charge in [-0.05, 0) is 77.0 Å². The molecule has 0 bridgehead atoms. The normalized spacial score (nSPS) is 12.3. The van der Waals surface area contributed by atoms with E-state index in [0.717, 1.165) is 116 Å². The first kappa shape index (κ1) is 76.6. The van der Waals surface area contributed by atoms with Crippen molar-refractivity contribution in [3.8, 4) is 0 Å². The van der Waals surface area contributed by atoms with Crippen molar-refractivity contribution in [1.29, 1.82) is 0 Å². The third-order valence-electron chi connectivity index (χ3n) is 16.1. The Morgan fingerprint density at radius 2 is 0.468 bits per heavy atom. The van der Waals surface area contributed by atoms with Crippen LogP contribution in [0.25, 0.3) is 0 Å². The van der Waals surface area contributed by atoms with Gasteiger partial charge in [-0.25, -0.2) is 0 Å². The van der Waals surface area contributed by atoms with E-state index in [1.54, 1.807) is 0 Å². The summed E-state index contributed by atoms with van der Waals surface area (Å²) in [4.78, 5) is 51.3. The van der Waals surface area contributed by atoms with E-state index in [2.05, 4.69) is 39.8 Å². The van der Waals surface area contributed by atoms with Crippen molar-refractivity contribution in [1.82, 2.24) is 0 Å². The molecule has 0 aromatic rings. The van der Waals surface area contributed by atoms with Gasteiger partial charge < -0.3 is 18.9 Å². The maximum absolute atomic E-state index is 13.0. The molecule has 0 heterocycles. The third-order valence-corrected chi connectivity index (χ3v) is 16.1. The molecule has 466 valence electrons. The summed E-state index contributed by atoms with van der Waals surface area (Å²) < 4.78 is 23.0. The first-order chi connectivity index (χ1) is 38.9. The molecule has 0 saturated heterocycles. The second kappa shape index (κ2) is 64.8. The van der Waals surface area contributed by atoms with Gasteiger partial charge in [0.2, 0.25) is 0 Å². The Labute approximate surface area is 491 Å². The largest absolute Gasteiger partial charge is 0.462 e. The number of hydrogen-bond acceptors (Lipinski definition) is 8. The van der Waals surface area contributed by atoms with Crippen molar-refractivity contribution in [3.05, 3.63) is 12.2 Å². The molecule has 0 saturated carbocycles. The number of carbonyl (C=O) groups excluding carboxylic acids is 4. The molecule has 0 radical (unpaired) electrons. The zero-order chi connectivity index (χ0) is 57.4.